The van der Waals surface area contributed by atoms with Crippen molar-refractivity contribution in [2.24, 2.45) is 0 Å². The lowest BCUT2D eigenvalue weighted by atomic mass is 9.98. The van der Waals surface area contributed by atoms with Gasteiger partial charge in [0.15, 0.2) is 23.9 Å². The van der Waals surface area contributed by atoms with Gasteiger partial charge in [0, 0.05) is 19.8 Å². The van der Waals surface area contributed by atoms with E-state index >= 15 is 0 Å². The summed E-state index contributed by atoms with van der Waals surface area (Å²) in [7, 11) is 5.12. The molecule has 4 unspecified atom stereocenters. The lowest BCUT2D eigenvalue weighted by molar-refractivity contribution is -0.109. The number of unbranched alkanes of at least 4 members (excludes halogenated alkanes) is 10. The Bertz CT molecular complexity index is 663. The van der Waals surface area contributed by atoms with Crippen molar-refractivity contribution in [3.05, 3.63) is 23.8 Å². The van der Waals surface area contributed by atoms with Crippen molar-refractivity contribution in [1.82, 2.24) is 0 Å². The Labute approximate surface area is 227 Å². The molecule has 1 rings (SSSR count). The van der Waals surface area contributed by atoms with Crippen molar-refractivity contribution in [2.75, 3.05) is 21.3 Å². The summed E-state index contributed by atoms with van der Waals surface area (Å²) in [5.74, 6) is 1.25. The zero-order valence-corrected chi connectivity index (χ0v) is 24.6. The van der Waals surface area contributed by atoms with E-state index < -0.39 is 6.29 Å². The molecule has 0 amide bonds. The van der Waals surface area contributed by atoms with Crippen LogP contribution in [0.25, 0.3) is 0 Å². The highest BCUT2D eigenvalue weighted by Crippen LogP contribution is 2.34. The van der Waals surface area contributed by atoms with Crippen LogP contribution in [-0.4, -0.2) is 51.0 Å². The molecule has 1 N–H and O–H groups in total. The van der Waals surface area contributed by atoms with E-state index in [-0.39, 0.29) is 24.9 Å². The van der Waals surface area contributed by atoms with Gasteiger partial charge in [-0.15, -0.1) is 0 Å². The normalized spacial score (nSPS) is 14.8. The summed E-state index contributed by atoms with van der Waals surface area (Å²) in [6.45, 7) is 6.50. The minimum atomic E-state index is -0.802. The van der Waals surface area contributed by atoms with E-state index in [9.17, 15) is 5.11 Å². The average molecular weight is 525 g/mol. The van der Waals surface area contributed by atoms with E-state index in [0.29, 0.717) is 17.9 Å². The zero-order valence-electron chi connectivity index (χ0n) is 24.6. The molecule has 0 saturated carbocycles. The van der Waals surface area contributed by atoms with E-state index in [4.69, 9.17) is 23.7 Å². The van der Waals surface area contributed by atoms with Gasteiger partial charge in [-0.1, -0.05) is 104 Å². The first-order valence-corrected chi connectivity index (χ1v) is 14.7. The van der Waals surface area contributed by atoms with Crippen LogP contribution < -0.4 is 9.47 Å². The molecule has 216 valence electrons. The average Bonchev–Trinajstić information content (AvgIpc) is 2.92. The molecular formula is C31H56O6. The second-order valence-electron chi connectivity index (χ2n) is 9.99. The van der Waals surface area contributed by atoms with E-state index in [1.165, 1.54) is 64.2 Å². The van der Waals surface area contributed by atoms with Gasteiger partial charge in [-0.25, -0.2) is 0 Å². The van der Waals surface area contributed by atoms with Crippen molar-refractivity contribution in [1.29, 1.82) is 0 Å². The standard InChI is InChI=1S/C31H56O6/c1-7-10-11-12-13-14-15-16-17-18-19-22-27(34-5)31(26(8-2)33-4)37-28-23-20-21-25(30(28)35-6)24-36-29(32)9-3/h20-21,23,26-27,29,31-32H,7-19,22,24H2,1-6H3. The molecule has 1 aromatic carbocycles. The first-order chi connectivity index (χ1) is 18.1. The van der Waals surface area contributed by atoms with E-state index in [0.717, 1.165) is 24.8 Å². The number of hydrogen-bond acceptors (Lipinski definition) is 6. The van der Waals surface area contributed by atoms with Crippen LogP contribution in [0.1, 0.15) is 116 Å². The fourth-order valence-corrected chi connectivity index (χ4v) is 4.80. The van der Waals surface area contributed by atoms with Gasteiger partial charge in [0.25, 0.3) is 0 Å². The van der Waals surface area contributed by atoms with Crippen LogP contribution in [-0.2, 0) is 20.8 Å². The number of para-hydroxylation sites is 1. The van der Waals surface area contributed by atoms with Gasteiger partial charge in [0.05, 0.1) is 25.9 Å². The van der Waals surface area contributed by atoms with Gasteiger partial charge in [0.2, 0.25) is 0 Å². The van der Waals surface area contributed by atoms with E-state index in [1.807, 2.05) is 25.1 Å². The molecule has 0 aliphatic heterocycles. The smallest absolute Gasteiger partial charge is 0.166 e. The predicted molar refractivity (Wildman–Crippen MR) is 151 cm³/mol. The molecule has 6 nitrogen and oxygen atoms in total. The van der Waals surface area contributed by atoms with Gasteiger partial charge in [0.1, 0.15) is 0 Å². The molecule has 37 heavy (non-hydrogen) atoms. The molecule has 0 saturated heterocycles. The van der Waals surface area contributed by atoms with Gasteiger partial charge in [-0.3, -0.25) is 0 Å². The molecule has 0 aromatic heterocycles. The number of rotatable bonds is 24. The van der Waals surface area contributed by atoms with Crippen molar-refractivity contribution in [3.8, 4) is 11.5 Å². The topological polar surface area (TPSA) is 66.4 Å². The summed E-state index contributed by atoms with van der Waals surface area (Å²) in [5.41, 5.74) is 0.830. The molecule has 0 fully saturated rings. The lowest BCUT2D eigenvalue weighted by Gasteiger charge is -2.33. The minimum absolute atomic E-state index is 0.0880. The van der Waals surface area contributed by atoms with Gasteiger partial charge in [-0.05, 0) is 25.3 Å². The van der Waals surface area contributed by atoms with Crippen LogP contribution in [0.2, 0.25) is 0 Å². The Morgan fingerprint density at radius 3 is 1.84 bits per heavy atom. The Balaban J connectivity index is 2.70. The first kappa shape index (κ1) is 33.7. The van der Waals surface area contributed by atoms with Crippen molar-refractivity contribution in [2.45, 2.75) is 142 Å². The maximum absolute atomic E-state index is 9.81. The van der Waals surface area contributed by atoms with Crippen LogP contribution in [0.5, 0.6) is 11.5 Å². The highest BCUT2D eigenvalue weighted by Gasteiger charge is 2.32. The molecule has 0 aliphatic carbocycles. The molecule has 1 aromatic rings. The predicted octanol–water partition coefficient (Wildman–Crippen LogP) is 7.83. The highest BCUT2D eigenvalue weighted by molar-refractivity contribution is 5.46. The summed E-state index contributed by atoms with van der Waals surface area (Å²) < 4.78 is 29.6. The zero-order chi connectivity index (χ0) is 27.3. The SMILES string of the molecule is CCCCCCCCCCCCCC(OC)C(Oc1cccc(COC(O)CC)c1OC)C(CC)OC. The molecule has 0 bridgehead atoms. The number of ether oxygens (including phenoxy) is 5. The Hall–Kier alpha value is -1.34. The van der Waals surface area contributed by atoms with E-state index in [1.54, 1.807) is 21.3 Å². The van der Waals surface area contributed by atoms with Crippen LogP contribution in [0.15, 0.2) is 18.2 Å². The molecule has 0 radical (unpaired) electrons. The van der Waals surface area contributed by atoms with Gasteiger partial charge in [-0.2, -0.15) is 0 Å². The van der Waals surface area contributed by atoms with Crippen molar-refractivity contribution in [3.63, 3.8) is 0 Å². The first-order valence-electron chi connectivity index (χ1n) is 14.7. The number of aliphatic hydroxyl groups excluding tert-OH is 1. The van der Waals surface area contributed by atoms with Crippen molar-refractivity contribution >= 4 is 0 Å². The Morgan fingerprint density at radius 2 is 1.32 bits per heavy atom. The van der Waals surface area contributed by atoms with Crippen LogP contribution in [0.3, 0.4) is 0 Å². The molecule has 6 heteroatoms. The minimum Gasteiger partial charge on any atom is -0.492 e. The quantitative estimate of drug-likeness (QED) is 0.110. The van der Waals surface area contributed by atoms with Gasteiger partial charge >= 0.3 is 0 Å². The lowest BCUT2D eigenvalue weighted by Crippen LogP contribution is -2.44. The van der Waals surface area contributed by atoms with Crippen molar-refractivity contribution < 1.29 is 28.8 Å². The fourth-order valence-electron chi connectivity index (χ4n) is 4.80. The largest absolute Gasteiger partial charge is 0.492 e. The summed E-state index contributed by atoms with van der Waals surface area (Å²) in [5, 5.41) is 9.81. The summed E-state index contributed by atoms with van der Waals surface area (Å²) >= 11 is 0. The third-order valence-electron chi connectivity index (χ3n) is 7.14. The maximum atomic E-state index is 9.81. The van der Waals surface area contributed by atoms with Crippen LogP contribution >= 0.6 is 0 Å². The third-order valence-corrected chi connectivity index (χ3v) is 7.14. The Kier molecular flexibility index (Phi) is 19.6. The second-order valence-corrected chi connectivity index (χ2v) is 9.99. The third kappa shape index (κ3) is 13.3. The molecule has 4 atom stereocenters. The summed E-state index contributed by atoms with van der Waals surface area (Å²) in [6.07, 6.45) is 15.5. The van der Waals surface area contributed by atoms with E-state index in [2.05, 4.69) is 13.8 Å². The molecule has 0 heterocycles. The highest BCUT2D eigenvalue weighted by atomic mass is 16.6. The maximum Gasteiger partial charge on any atom is 0.166 e. The number of benzene rings is 1. The molecule has 0 aliphatic rings. The summed E-state index contributed by atoms with van der Waals surface area (Å²) in [6, 6.07) is 5.75. The number of hydrogen-bond donors (Lipinski definition) is 1. The number of aliphatic hydroxyl groups is 1. The van der Waals surface area contributed by atoms with Crippen LogP contribution in [0, 0.1) is 0 Å². The second kappa shape index (κ2) is 21.6. The molecule has 0 spiro atoms. The molecular weight excluding hydrogens is 468 g/mol. The number of methoxy groups -OCH3 is 3. The summed E-state index contributed by atoms with van der Waals surface area (Å²) in [4.78, 5) is 0. The monoisotopic (exact) mass is 524 g/mol. The Morgan fingerprint density at radius 1 is 0.730 bits per heavy atom. The van der Waals surface area contributed by atoms with Gasteiger partial charge < -0.3 is 28.8 Å². The fraction of sp³-hybridized carbons (Fsp3) is 0.806. The van der Waals surface area contributed by atoms with Crippen LogP contribution in [0.4, 0.5) is 0 Å².